The first kappa shape index (κ1) is 12.3. The third-order valence-electron chi connectivity index (χ3n) is 2.78. The fourth-order valence-electron chi connectivity index (χ4n) is 1.53. The summed E-state index contributed by atoms with van der Waals surface area (Å²) in [6.45, 7) is 6.25. The van der Waals surface area contributed by atoms with Gasteiger partial charge in [-0.05, 0) is 31.1 Å². The first-order chi connectivity index (χ1) is 7.18. The van der Waals surface area contributed by atoms with Crippen LogP contribution in [0, 0.1) is 11.8 Å². The molecule has 0 aromatic carbocycles. The molecule has 3 N–H and O–H groups in total. The van der Waals surface area contributed by atoms with Crippen LogP contribution in [0.15, 0.2) is 4.99 Å². The van der Waals surface area contributed by atoms with Crippen LogP contribution in [0.3, 0.4) is 0 Å². The van der Waals surface area contributed by atoms with Crippen LogP contribution in [0.5, 0.6) is 0 Å². The standard InChI is InChI=1S/C12H25N3/c1-10(2)7-9-15-12(13)14-8-3-4-11-5-6-11/h10-11H,3-9H2,1-2H3,(H3,13,14,15). The molecule has 0 aromatic rings. The summed E-state index contributed by atoms with van der Waals surface area (Å²) >= 11 is 0. The predicted octanol–water partition coefficient (Wildman–Crippen LogP) is 2.13. The van der Waals surface area contributed by atoms with E-state index >= 15 is 0 Å². The van der Waals surface area contributed by atoms with Gasteiger partial charge in [0.2, 0.25) is 0 Å². The van der Waals surface area contributed by atoms with Crippen LogP contribution in [0.25, 0.3) is 0 Å². The zero-order valence-corrected chi connectivity index (χ0v) is 10.1. The van der Waals surface area contributed by atoms with E-state index in [2.05, 4.69) is 24.2 Å². The molecular formula is C12H25N3. The number of aliphatic imine (C=N–C) groups is 1. The van der Waals surface area contributed by atoms with Gasteiger partial charge >= 0.3 is 0 Å². The molecule has 3 heteroatoms. The maximum absolute atomic E-state index is 5.73. The molecule has 0 bridgehead atoms. The van der Waals surface area contributed by atoms with Gasteiger partial charge in [-0.25, -0.2) is 0 Å². The normalized spacial score (nSPS) is 17.1. The molecule has 1 rings (SSSR count). The van der Waals surface area contributed by atoms with Crippen LogP contribution < -0.4 is 11.1 Å². The minimum atomic E-state index is 0.617. The Balaban J connectivity index is 1.93. The molecule has 0 radical (unpaired) electrons. The number of nitrogens with one attached hydrogen (secondary N) is 1. The van der Waals surface area contributed by atoms with Gasteiger partial charge in [-0.15, -0.1) is 0 Å². The Bertz CT molecular complexity index is 195. The summed E-state index contributed by atoms with van der Waals surface area (Å²) in [7, 11) is 0. The van der Waals surface area contributed by atoms with Gasteiger partial charge in [0.15, 0.2) is 5.96 Å². The quantitative estimate of drug-likeness (QED) is 0.385. The van der Waals surface area contributed by atoms with E-state index in [1.54, 1.807) is 0 Å². The van der Waals surface area contributed by atoms with Gasteiger partial charge in [0.05, 0.1) is 0 Å². The number of guanidine groups is 1. The summed E-state index contributed by atoms with van der Waals surface area (Å²) in [5.74, 6) is 2.35. The van der Waals surface area contributed by atoms with Crippen LogP contribution in [-0.2, 0) is 0 Å². The Labute approximate surface area is 93.5 Å². The second kappa shape index (κ2) is 6.70. The molecule has 1 saturated carbocycles. The number of nitrogens with zero attached hydrogens (tertiary/aromatic N) is 1. The molecule has 0 heterocycles. The zero-order chi connectivity index (χ0) is 11.1. The minimum Gasteiger partial charge on any atom is -0.370 e. The van der Waals surface area contributed by atoms with Crippen LogP contribution in [-0.4, -0.2) is 19.0 Å². The largest absolute Gasteiger partial charge is 0.370 e. The molecule has 0 aromatic heterocycles. The topological polar surface area (TPSA) is 50.4 Å². The Morgan fingerprint density at radius 3 is 2.80 bits per heavy atom. The van der Waals surface area contributed by atoms with Gasteiger partial charge in [-0.3, -0.25) is 4.99 Å². The average molecular weight is 211 g/mol. The molecule has 88 valence electrons. The molecule has 0 unspecified atom stereocenters. The van der Waals surface area contributed by atoms with Crippen molar-refractivity contribution < 1.29 is 0 Å². The van der Waals surface area contributed by atoms with Gasteiger partial charge in [0.25, 0.3) is 0 Å². The zero-order valence-electron chi connectivity index (χ0n) is 10.1. The van der Waals surface area contributed by atoms with E-state index in [1.165, 1.54) is 25.7 Å². The molecular weight excluding hydrogens is 186 g/mol. The van der Waals surface area contributed by atoms with Crippen molar-refractivity contribution in [2.45, 2.75) is 46.0 Å². The second-order valence-corrected chi connectivity index (χ2v) is 4.96. The van der Waals surface area contributed by atoms with E-state index in [-0.39, 0.29) is 0 Å². The third kappa shape index (κ3) is 7.23. The number of rotatable bonds is 7. The van der Waals surface area contributed by atoms with E-state index < -0.39 is 0 Å². The predicted molar refractivity (Wildman–Crippen MR) is 65.9 cm³/mol. The Hall–Kier alpha value is -0.730. The SMILES string of the molecule is CC(C)CCNC(N)=NCCCC1CC1. The molecule has 1 aliphatic carbocycles. The minimum absolute atomic E-state index is 0.617. The smallest absolute Gasteiger partial charge is 0.188 e. The van der Waals surface area contributed by atoms with Gasteiger partial charge < -0.3 is 11.1 Å². The average Bonchev–Trinajstić information content (AvgIpc) is 2.95. The first-order valence-corrected chi connectivity index (χ1v) is 6.22. The number of nitrogens with two attached hydrogens (primary N) is 1. The van der Waals surface area contributed by atoms with E-state index in [0.717, 1.165) is 31.3 Å². The van der Waals surface area contributed by atoms with Crippen molar-refractivity contribution in [2.24, 2.45) is 22.6 Å². The Morgan fingerprint density at radius 2 is 2.20 bits per heavy atom. The number of hydrogen-bond donors (Lipinski definition) is 2. The summed E-state index contributed by atoms with van der Waals surface area (Å²) in [6, 6.07) is 0. The summed E-state index contributed by atoms with van der Waals surface area (Å²) in [5, 5.41) is 3.15. The highest BCUT2D eigenvalue weighted by atomic mass is 15.1. The second-order valence-electron chi connectivity index (χ2n) is 4.96. The maximum Gasteiger partial charge on any atom is 0.188 e. The van der Waals surface area contributed by atoms with Gasteiger partial charge in [-0.1, -0.05) is 26.7 Å². The number of hydrogen-bond acceptors (Lipinski definition) is 1. The highest BCUT2D eigenvalue weighted by Gasteiger charge is 2.19. The van der Waals surface area contributed by atoms with Crippen molar-refractivity contribution in [3.05, 3.63) is 0 Å². The molecule has 3 nitrogen and oxygen atoms in total. The van der Waals surface area contributed by atoms with E-state index in [4.69, 9.17) is 5.73 Å². The van der Waals surface area contributed by atoms with Crippen LogP contribution in [0.4, 0.5) is 0 Å². The molecule has 0 spiro atoms. The lowest BCUT2D eigenvalue weighted by atomic mass is 10.1. The monoisotopic (exact) mass is 211 g/mol. The highest BCUT2D eigenvalue weighted by molar-refractivity contribution is 5.77. The summed E-state index contributed by atoms with van der Waals surface area (Å²) < 4.78 is 0. The Kier molecular flexibility index (Phi) is 5.51. The highest BCUT2D eigenvalue weighted by Crippen LogP contribution is 2.33. The first-order valence-electron chi connectivity index (χ1n) is 6.22. The fraction of sp³-hybridized carbons (Fsp3) is 0.917. The molecule has 0 aliphatic heterocycles. The molecule has 0 atom stereocenters. The van der Waals surface area contributed by atoms with Crippen molar-refractivity contribution in [2.75, 3.05) is 13.1 Å². The van der Waals surface area contributed by atoms with Gasteiger partial charge in [0, 0.05) is 13.1 Å². The van der Waals surface area contributed by atoms with Crippen molar-refractivity contribution in [1.82, 2.24) is 5.32 Å². The van der Waals surface area contributed by atoms with Crippen molar-refractivity contribution in [1.29, 1.82) is 0 Å². The van der Waals surface area contributed by atoms with Crippen molar-refractivity contribution in [3.8, 4) is 0 Å². The van der Waals surface area contributed by atoms with Crippen molar-refractivity contribution in [3.63, 3.8) is 0 Å². The molecule has 1 aliphatic rings. The lowest BCUT2D eigenvalue weighted by molar-refractivity contribution is 0.576. The van der Waals surface area contributed by atoms with Crippen LogP contribution >= 0.6 is 0 Å². The summed E-state index contributed by atoms with van der Waals surface area (Å²) in [5.41, 5.74) is 5.73. The molecule has 15 heavy (non-hydrogen) atoms. The summed E-state index contributed by atoms with van der Waals surface area (Å²) in [6.07, 6.45) is 6.55. The van der Waals surface area contributed by atoms with Crippen LogP contribution in [0.1, 0.15) is 46.0 Å². The van der Waals surface area contributed by atoms with Crippen LogP contribution in [0.2, 0.25) is 0 Å². The van der Waals surface area contributed by atoms with Gasteiger partial charge in [-0.2, -0.15) is 0 Å². The summed E-state index contributed by atoms with van der Waals surface area (Å²) in [4.78, 5) is 4.30. The van der Waals surface area contributed by atoms with E-state index in [9.17, 15) is 0 Å². The maximum atomic E-state index is 5.73. The molecule has 0 saturated heterocycles. The lowest BCUT2D eigenvalue weighted by Crippen LogP contribution is -2.33. The van der Waals surface area contributed by atoms with E-state index in [1.807, 2.05) is 0 Å². The lowest BCUT2D eigenvalue weighted by Gasteiger charge is -2.07. The van der Waals surface area contributed by atoms with E-state index in [0.29, 0.717) is 5.96 Å². The molecule has 0 amide bonds. The third-order valence-corrected chi connectivity index (χ3v) is 2.78. The fourth-order valence-corrected chi connectivity index (χ4v) is 1.53. The Morgan fingerprint density at radius 1 is 1.47 bits per heavy atom. The molecule has 1 fully saturated rings. The van der Waals surface area contributed by atoms with Crippen molar-refractivity contribution >= 4 is 5.96 Å². The van der Waals surface area contributed by atoms with Gasteiger partial charge in [0.1, 0.15) is 0 Å².